The summed E-state index contributed by atoms with van der Waals surface area (Å²) in [5.41, 5.74) is 0.481. The van der Waals surface area contributed by atoms with Gasteiger partial charge in [-0.1, -0.05) is 11.6 Å². The Kier molecular flexibility index (Phi) is 7.52. The summed E-state index contributed by atoms with van der Waals surface area (Å²) in [5.74, 6) is 0.557. The molecule has 10 heteroatoms. The zero-order valence-electron chi connectivity index (χ0n) is 14.4. The molecule has 1 amide bonds. The monoisotopic (exact) mass is 401 g/mol. The van der Waals surface area contributed by atoms with E-state index in [0.29, 0.717) is 48.4 Å². The summed E-state index contributed by atoms with van der Waals surface area (Å²) in [5, 5.41) is 11.5. The number of nitro groups is 1. The third kappa shape index (κ3) is 5.50. The number of rotatable bonds is 7. The lowest BCUT2D eigenvalue weighted by Crippen LogP contribution is -2.49. The molecule has 1 heterocycles. The number of carbonyl (C=O) groups is 2. The van der Waals surface area contributed by atoms with E-state index in [2.05, 4.69) is 4.74 Å². The molecule has 0 aliphatic carbocycles. The van der Waals surface area contributed by atoms with Gasteiger partial charge in [-0.05, 0) is 12.1 Å². The highest BCUT2D eigenvalue weighted by Gasteiger charge is 2.25. The van der Waals surface area contributed by atoms with Gasteiger partial charge in [0.05, 0.1) is 24.2 Å². The molecule has 2 rings (SSSR count). The van der Waals surface area contributed by atoms with Crippen molar-refractivity contribution in [3.05, 3.63) is 33.3 Å². The van der Waals surface area contributed by atoms with Gasteiger partial charge < -0.3 is 14.5 Å². The Hall–Kier alpha value is -2.00. The van der Waals surface area contributed by atoms with Gasteiger partial charge in [-0.15, -0.1) is 0 Å². The highest BCUT2D eigenvalue weighted by atomic mass is 35.5. The largest absolute Gasteiger partial charge is 0.469 e. The van der Waals surface area contributed by atoms with Gasteiger partial charge in [-0.2, -0.15) is 11.8 Å². The molecule has 1 saturated heterocycles. The predicted octanol–water partition coefficient (Wildman–Crippen LogP) is 2.19. The number of thioether (sulfide) groups is 1. The van der Waals surface area contributed by atoms with Crippen LogP contribution in [0.2, 0.25) is 5.02 Å². The van der Waals surface area contributed by atoms with Crippen LogP contribution in [0.1, 0.15) is 6.42 Å². The Morgan fingerprint density at radius 3 is 2.62 bits per heavy atom. The van der Waals surface area contributed by atoms with Crippen LogP contribution in [0.4, 0.5) is 11.4 Å². The van der Waals surface area contributed by atoms with Crippen LogP contribution in [0, 0.1) is 10.1 Å². The topological polar surface area (TPSA) is 93.0 Å². The maximum Gasteiger partial charge on any atom is 0.306 e. The second kappa shape index (κ2) is 9.63. The molecule has 0 spiro atoms. The lowest BCUT2D eigenvalue weighted by molar-refractivity contribution is -0.384. The van der Waals surface area contributed by atoms with Crippen molar-refractivity contribution in [1.29, 1.82) is 0 Å². The summed E-state index contributed by atoms with van der Waals surface area (Å²) in [4.78, 5) is 37.7. The Labute approximate surface area is 160 Å². The first-order chi connectivity index (χ1) is 12.4. The molecule has 0 N–H and O–H groups in total. The van der Waals surface area contributed by atoms with Gasteiger partial charge in [-0.3, -0.25) is 19.7 Å². The predicted molar refractivity (Wildman–Crippen MR) is 101 cm³/mol. The molecule has 142 valence electrons. The van der Waals surface area contributed by atoms with Crippen molar-refractivity contribution in [3.8, 4) is 0 Å². The Bertz CT molecular complexity index is 680. The highest BCUT2D eigenvalue weighted by molar-refractivity contribution is 7.99. The molecule has 0 radical (unpaired) electrons. The number of nitro benzene ring substituents is 1. The van der Waals surface area contributed by atoms with Crippen LogP contribution < -0.4 is 4.90 Å². The number of nitrogens with zero attached hydrogens (tertiary/aromatic N) is 3. The second-order valence-electron chi connectivity index (χ2n) is 5.64. The normalized spacial score (nSPS) is 14.2. The average molecular weight is 402 g/mol. The van der Waals surface area contributed by atoms with Gasteiger partial charge in [0, 0.05) is 43.0 Å². The number of amides is 1. The van der Waals surface area contributed by atoms with Crippen molar-refractivity contribution < 1.29 is 19.2 Å². The second-order valence-corrected chi connectivity index (χ2v) is 7.18. The number of methoxy groups -OCH3 is 1. The third-order valence-corrected chi connectivity index (χ3v) is 5.19. The van der Waals surface area contributed by atoms with Crippen LogP contribution in [-0.4, -0.2) is 66.5 Å². The Morgan fingerprint density at radius 1 is 1.31 bits per heavy atom. The fourth-order valence-electron chi connectivity index (χ4n) is 2.62. The van der Waals surface area contributed by atoms with Crippen molar-refractivity contribution in [2.75, 3.05) is 49.7 Å². The molecule has 0 unspecified atom stereocenters. The van der Waals surface area contributed by atoms with Crippen molar-refractivity contribution in [1.82, 2.24) is 4.90 Å². The first-order valence-corrected chi connectivity index (χ1v) is 9.57. The molecule has 0 aromatic heterocycles. The smallest absolute Gasteiger partial charge is 0.306 e. The van der Waals surface area contributed by atoms with Crippen molar-refractivity contribution in [2.45, 2.75) is 6.42 Å². The van der Waals surface area contributed by atoms with Crippen LogP contribution in [0.3, 0.4) is 0 Å². The standard InChI is InChI=1S/C16H20ClN3O5S/c1-25-16(22)4-9-26-11-15(21)19-7-5-18(6-8-19)13-3-2-12(17)10-14(13)20(23)24/h2-3,10H,4-9,11H2,1H3. The molecular weight excluding hydrogens is 382 g/mol. The molecule has 0 saturated carbocycles. The minimum atomic E-state index is -0.448. The van der Waals surface area contributed by atoms with Crippen molar-refractivity contribution in [2.24, 2.45) is 0 Å². The molecule has 26 heavy (non-hydrogen) atoms. The number of hydrogen-bond acceptors (Lipinski definition) is 7. The summed E-state index contributed by atoms with van der Waals surface area (Å²) in [6.45, 7) is 2.02. The van der Waals surface area contributed by atoms with E-state index in [1.54, 1.807) is 17.0 Å². The number of carbonyl (C=O) groups excluding carboxylic acids is 2. The molecule has 1 aromatic rings. The molecule has 0 bridgehead atoms. The molecule has 1 aliphatic rings. The summed E-state index contributed by atoms with van der Waals surface area (Å²) in [6, 6.07) is 4.60. The summed E-state index contributed by atoms with van der Waals surface area (Å²) in [6.07, 6.45) is 0.280. The van der Waals surface area contributed by atoms with Crippen molar-refractivity contribution in [3.63, 3.8) is 0 Å². The Balaban J connectivity index is 1.84. The summed E-state index contributed by atoms with van der Waals surface area (Å²) in [7, 11) is 1.34. The van der Waals surface area contributed by atoms with Crippen LogP contribution in [0.25, 0.3) is 0 Å². The molecule has 8 nitrogen and oxygen atoms in total. The van der Waals surface area contributed by atoms with Gasteiger partial charge in [0.25, 0.3) is 5.69 Å². The molecule has 1 aliphatic heterocycles. The number of hydrogen-bond donors (Lipinski definition) is 0. The number of piperazine rings is 1. The lowest BCUT2D eigenvalue weighted by Gasteiger charge is -2.35. The Morgan fingerprint density at radius 2 is 2.00 bits per heavy atom. The minimum absolute atomic E-state index is 0.00474. The van der Waals surface area contributed by atoms with Gasteiger partial charge in [-0.25, -0.2) is 0 Å². The zero-order valence-corrected chi connectivity index (χ0v) is 15.9. The maximum absolute atomic E-state index is 12.2. The fraction of sp³-hybridized carbons (Fsp3) is 0.500. The maximum atomic E-state index is 12.2. The molecule has 1 aromatic carbocycles. The first kappa shape index (κ1) is 20.3. The van der Waals surface area contributed by atoms with E-state index in [-0.39, 0.29) is 24.0 Å². The summed E-state index contributed by atoms with van der Waals surface area (Å²) < 4.78 is 4.55. The number of ether oxygens (including phenoxy) is 1. The van der Waals surface area contributed by atoms with E-state index in [1.165, 1.54) is 24.9 Å². The molecular formula is C16H20ClN3O5S. The summed E-state index contributed by atoms with van der Waals surface area (Å²) >= 11 is 7.24. The first-order valence-electron chi connectivity index (χ1n) is 8.03. The number of benzene rings is 1. The average Bonchev–Trinajstić information content (AvgIpc) is 2.64. The fourth-order valence-corrected chi connectivity index (χ4v) is 3.59. The van der Waals surface area contributed by atoms with E-state index in [4.69, 9.17) is 11.6 Å². The van der Waals surface area contributed by atoms with Gasteiger partial charge in [0.2, 0.25) is 5.91 Å². The van der Waals surface area contributed by atoms with Crippen LogP contribution >= 0.6 is 23.4 Å². The number of anilines is 1. The van der Waals surface area contributed by atoms with E-state index in [9.17, 15) is 19.7 Å². The van der Waals surface area contributed by atoms with Gasteiger partial charge in [0.1, 0.15) is 5.69 Å². The SMILES string of the molecule is COC(=O)CCSCC(=O)N1CCN(c2ccc(Cl)cc2[N+](=O)[O-])CC1. The van der Waals surface area contributed by atoms with E-state index in [0.717, 1.165) is 0 Å². The lowest BCUT2D eigenvalue weighted by atomic mass is 10.2. The minimum Gasteiger partial charge on any atom is -0.469 e. The third-order valence-electron chi connectivity index (χ3n) is 4.01. The quantitative estimate of drug-likeness (QED) is 0.299. The highest BCUT2D eigenvalue weighted by Crippen LogP contribution is 2.31. The van der Waals surface area contributed by atoms with Crippen LogP contribution in [0.5, 0.6) is 0 Å². The van der Waals surface area contributed by atoms with Crippen molar-refractivity contribution >= 4 is 46.6 Å². The molecule has 1 fully saturated rings. The van der Waals surface area contributed by atoms with E-state index >= 15 is 0 Å². The van der Waals surface area contributed by atoms with Gasteiger partial charge >= 0.3 is 5.97 Å². The number of halogens is 1. The van der Waals surface area contributed by atoms with E-state index in [1.807, 2.05) is 4.90 Å². The van der Waals surface area contributed by atoms with Crippen LogP contribution in [-0.2, 0) is 14.3 Å². The number of esters is 1. The zero-order chi connectivity index (χ0) is 19.1. The van der Waals surface area contributed by atoms with E-state index < -0.39 is 4.92 Å². The molecule has 0 atom stereocenters. The van der Waals surface area contributed by atoms with Crippen LogP contribution in [0.15, 0.2) is 18.2 Å². The van der Waals surface area contributed by atoms with Gasteiger partial charge in [0.15, 0.2) is 0 Å².